The van der Waals surface area contributed by atoms with Gasteiger partial charge in [0.15, 0.2) is 0 Å². The summed E-state index contributed by atoms with van der Waals surface area (Å²) in [6.45, 7) is 0.821. The molecule has 22 heavy (non-hydrogen) atoms. The maximum atomic E-state index is 6.06. The number of fused-ring (bicyclic) bond motifs is 1. The Bertz CT molecular complexity index is 705. The molecule has 116 valence electrons. The fraction of sp³-hybridized carbons (Fsp3) is 0.500. The van der Waals surface area contributed by atoms with Crippen LogP contribution in [0.25, 0.3) is 11.0 Å². The van der Waals surface area contributed by atoms with Crippen molar-refractivity contribution in [1.82, 2.24) is 9.97 Å². The third kappa shape index (κ3) is 3.00. The van der Waals surface area contributed by atoms with Crippen molar-refractivity contribution in [2.45, 2.75) is 37.8 Å². The van der Waals surface area contributed by atoms with Crippen molar-refractivity contribution in [1.29, 1.82) is 0 Å². The van der Waals surface area contributed by atoms with Crippen molar-refractivity contribution < 1.29 is 4.74 Å². The lowest BCUT2D eigenvalue weighted by molar-refractivity contribution is -0.00223. The van der Waals surface area contributed by atoms with E-state index in [1.54, 1.807) is 18.3 Å². The third-order valence-electron chi connectivity index (χ3n) is 4.40. The van der Waals surface area contributed by atoms with Crippen LogP contribution >= 0.6 is 23.2 Å². The molecule has 2 aliphatic rings. The van der Waals surface area contributed by atoms with Crippen LogP contribution in [0.3, 0.4) is 0 Å². The number of benzene rings is 1. The minimum atomic E-state index is 0.397. The lowest BCUT2D eigenvalue weighted by Gasteiger charge is -2.30. The monoisotopic (exact) mass is 337 g/mol. The Morgan fingerprint density at radius 2 is 1.86 bits per heavy atom. The van der Waals surface area contributed by atoms with Crippen LogP contribution in [-0.2, 0) is 4.74 Å². The van der Waals surface area contributed by atoms with E-state index in [4.69, 9.17) is 27.9 Å². The highest BCUT2D eigenvalue weighted by molar-refractivity contribution is 6.42. The lowest BCUT2D eigenvalue weighted by atomic mass is 10.0. The van der Waals surface area contributed by atoms with Crippen molar-refractivity contribution in [3.05, 3.63) is 28.4 Å². The van der Waals surface area contributed by atoms with Crippen LogP contribution in [0.1, 0.15) is 25.7 Å². The SMILES string of the molecule is Clc1cc2ncc(NC3CCOC(C4CC4)C3)nc2cc1Cl. The van der Waals surface area contributed by atoms with E-state index in [-0.39, 0.29) is 0 Å². The second kappa shape index (κ2) is 5.84. The summed E-state index contributed by atoms with van der Waals surface area (Å²) in [5.74, 6) is 1.56. The Hall–Kier alpha value is -1.10. The molecule has 2 heterocycles. The van der Waals surface area contributed by atoms with E-state index in [1.807, 2.05) is 0 Å². The van der Waals surface area contributed by atoms with Crippen LogP contribution in [0, 0.1) is 5.92 Å². The van der Waals surface area contributed by atoms with Gasteiger partial charge in [-0.3, -0.25) is 4.98 Å². The first-order chi connectivity index (χ1) is 10.7. The highest BCUT2D eigenvalue weighted by Gasteiger charge is 2.35. The fourth-order valence-corrected chi connectivity index (χ4v) is 3.36. The summed E-state index contributed by atoms with van der Waals surface area (Å²) in [7, 11) is 0. The summed E-state index contributed by atoms with van der Waals surface area (Å²) in [5.41, 5.74) is 1.51. The molecule has 2 aromatic rings. The molecule has 4 nitrogen and oxygen atoms in total. The molecule has 1 aliphatic heterocycles. The quantitative estimate of drug-likeness (QED) is 0.906. The molecule has 0 bridgehead atoms. The number of nitrogens with one attached hydrogen (secondary N) is 1. The standard InChI is InChI=1S/C16H17Cl2N3O/c17-11-6-13-14(7-12(11)18)21-16(8-19-13)20-10-3-4-22-15(5-10)9-1-2-9/h6-10,15H,1-5H2,(H,20,21). The molecular formula is C16H17Cl2N3O. The van der Waals surface area contributed by atoms with E-state index in [0.29, 0.717) is 22.2 Å². The number of aromatic nitrogens is 2. The molecule has 2 unspecified atom stereocenters. The van der Waals surface area contributed by atoms with Crippen LogP contribution in [-0.4, -0.2) is 28.7 Å². The molecule has 0 amide bonds. The molecule has 1 N–H and O–H groups in total. The zero-order chi connectivity index (χ0) is 15.1. The van der Waals surface area contributed by atoms with E-state index in [9.17, 15) is 0 Å². The van der Waals surface area contributed by atoms with Crippen LogP contribution in [0.5, 0.6) is 0 Å². The first-order valence-electron chi connectivity index (χ1n) is 7.69. The van der Waals surface area contributed by atoms with Crippen LogP contribution in [0.4, 0.5) is 5.82 Å². The molecular weight excluding hydrogens is 321 g/mol. The number of hydrogen-bond donors (Lipinski definition) is 1. The van der Waals surface area contributed by atoms with E-state index in [0.717, 1.165) is 42.2 Å². The van der Waals surface area contributed by atoms with Crippen LogP contribution in [0.2, 0.25) is 10.0 Å². The molecule has 6 heteroatoms. The largest absolute Gasteiger partial charge is 0.378 e. The Labute approximate surface area is 139 Å². The molecule has 1 aromatic carbocycles. The predicted octanol–water partition coefficient (Wildman–Crippen LogP) is 4.31. The zero-order valence-corrected chi connectivity index (χ0v) is 13.6. The first-order valence-corrected chi connectivity index (χ1v) is 8.44. The number of anilines is 1. The Morgan fingerprint density at radius 3 is 2.64 bits per heavy atom. The van der Waals surface area contributed by atoms with E-state index in [1.165, 1.54) is 12.8 Å². The van der Waals surface area contributed by atoms with Crippen molar-refractivity contribution in [3.8, 4) is 0 Å². The van der Waals surface area contributed by atoms with Gasteiger partial charge in [0.25, 0.3) is 0 Å². The van der Waals surface area contributed by atoms with Gasteiger partial charge in [0, 0.05) is 12.6 Å². The summed E-state index contributed by atoms with van der Waals surface area (Å²) in [6, 6.07) is 3.90. The van der Waals surface area contributed by atoms with Crippen molar-refractivity contribution in [2.24, 2.45) is 5.92 Å². The summed E-state index contributed by atoms with van der Waals surface area (Å²) in [4.78, 5) is 9.02. The summed E-state index contributed by atoms with van der Waals surface area (Å²) < 4.78 is 5.86. The zero-order valence-electron chi connectivity index (χ0n) is 12.1. The highest BCUT2D eigenvalue weighted by atomic mass is 35.5. The van der Waals surface area contributed by atoms with Crippen LogP contribution < -0.4 is 5.32 Å². The summed E-state index contributed by atoms with van der Waals surface area (Å²) in [6.07, 6.45) is 6.84. The second-order valence-electron chi connectivity index (χ2n) is 6.12. The molecule has 1 saturated carbocycles. The van der Waals surface area contributed by atoms with Gasteiger partial charge >= 0.3 is 0 Å². The normalized spacial score (nSPS) is 25.4. The van der Waals surface area contributed by atoms with Crippen molar-refractivity contribution >= 4 is 40.1 Å². The van der Waals surface area contributed by atoms with Crippen molar-refractivity contribution in [3.63, 3.8) is 0 Å². The number of halogens is 2. The Balaban J connectivity index is 1.52. The molecule has 2 atom stereocenters. The predicted molar refractivity (Wildman–Crippen MR) is 88.7 cm³/mol. The average Bonchev–Trinajstić information content (AvgIpc) is 3.34. The molecule has 1 aromatic heterocycles. The molecule has 0 radical (unpaired) electrons. The van der Waals surface area contributed by atoms with Crippen molar-refractivity contribution in [2.75, 3.05) is 11.9 Å². The summed E-state index contributed by atoms with van der Waals surface area (Å²) >= 11 is 12.1. The molecule has 4 rings (SSSR count). The second-order valence-corrected chi connectivity index (χ2v) is 6.94. The topological polar surface area (TPSA) is 47.0 Å². The van der Waals surface area contributed by atoms with Gasteiger partial charge in [-0.15, -0.1) is 0 Å². The summed E-state index contributed by atoms with van der Waals surface area (Å²) in [5, 5.41) is 4.49. The minimum absolute atomic E-state index is 0.397. The van der Waals surface area contributed by atoms with Gasteiger partial charge in [0.05, 0.1) is 33.4 Å². The maximum absolute atomic E-state index is 6.06. The molecule has 1 saturated heterocycles. The van der Waals surface area contributed by atoms with Gasteiger partial charge in [0.1, 0.15) is 5.82 Å². The minimum Gasteiger partial charge on any atom is -0.378 e. The van der Waals surface area contributed by atoms with E-state index < -0.39 is 0 Å². The molecule has 1 aliphatic carbocycles. The molecule has 0 spiro atoms. The average molecular weight is 338 g/mol. The lowest BCUT2D eigenvalue weighted by Crippen LogP contribution is -2.35. The van der Waals surface area contributed by atoms with E-state index in [2.05, 4.69) is 15.3 Å². The van der Waals surface area contributed by atoms with Crippen LogP contribution in [0.15, 0.2) is 18.3 Å². The van der Waals surface area contributed by atoms with Gasteiger partial charge in [-0.1, -0.05) is 23.2 Å². The van der Waals surface area contributed by atoms with Gasteiger partial charge in [-0.25, -0.2) is 4.98 Å². The van der Waals surface area contributed by atoms with Gasteiger partial charge in [0.2, 0.25) is 0 Å². The number of ether oxygens (including phenoxy) is 1. The van der Waals surface area contributed by atoms with Gasteiger partial charge < -0.3 is 10.1 Å². The molecule has 2 fully saturated rings. The Kier molecular flexibility index (Phi) is 3.84. The third-order valence-corrected chi connectivity index (χ3v) is 5.12. The maximum Gasteiger partial charge on any atom is 0.145 e. The highest BCUT2D eigenvalue weighted by Crippen LogP contribution is 2.38. The number of nitrogens with zero attached hydrogens (tertiary/aromatic N) is 2. The van der Waals surface area contributed by atoms with Gasteiger partial charge in [-0.05, 0) is 43.7 Å². The Morgan fingerprint density at radius 1 is 1.09 bits per heavy atom. The number of hydrogen-bond acceptors (Lipinski definition) is 4. The smallest absolute Gasteiger partial charge is 0.145 e. The van der Waals surface area contributed by atoms with Gasteiger partial charge in [-0.2, -0.15) is 0 Å². The fourth-order valence-electron chi connectivity index (χ4n) is 3.04. The van der Waals surface area contributed by atoms with E-state index >= 15 is 0 Å². The number of rotatable bonds is 3. The first kappa shape index (κ1) is 14.5.